The van der Waals surface area contributed by atoms with Crippen LogP contribution in [0.4, 0.5) is 0 Å². The van der Waals surface area contributed by atoms with E-state index in [0.29, 0.717) is 13.0 Å². The van der Waals surface area contributed by atoms with Crippen LogP contribution in [0.2, 0.25) is 0 Å². The van der Waals surface area contributed by atoms with Gasteiger partial charge in [-0.15, -0.1) is 0 Å². The molecule has 0 heterocycles. The van der Waals surface area contributed by atoms with Crippen LogP contribution in [0.15, 0.2) is 30.3 Å². The summed E-state index contributed by atoms with van der Waals surface area (Å²) in [6.45, 7) is 3.78. The second kappa shape index (κ2) is 6.53. The van der Waals surface area contributed by atoms with Gasteiger partial charge in [0, 0.05) is 6.54 Å². The van der Waals surface area contributed by atoms with Gasteiger partial charge in [-0.1, -0.05) is 37.3 Å². The standard InChI is InChI=1S/C13H18N2O2S/c1-11(13-6-4-3-5-7-13)8-9-15-18(16,17)12(2)10-14/h3-7,11-12,15H,8-9H2,1-2H3. The van der Waals surface area contributed by atoms with Gasteiger partial charge in [0.05, 0.1) is 6.07 Å². The van der Waals surface area contributed by atoms with Gasteiger partial charge in [0.1, 0.15) is 0 Å². The molecule has 0 amide bonds. The Bertz CT molecular complexity index is 506. The number of nitriles is 1. The number of nitrogens with zero attached hydrogens (tertiary/aromatic N) is 1. The fraction of sp³-hybridized carbons (Fsp3) is 0.462. The molecule has 0 spiro atoms. The maximum absolute atomic E-state index is 11.5. The third-order valence-electron chi connectivity index (χ3n) is 2.90. The Labute approximate surface area is 109 Å². The quantitative estimate of drug-likeness (QED) is 0.856. The summed E-state index contributed by atoms with van der Waals surface area (Å²) in [5.41, 5.74) is 1.19. The molecule has 4 nitrogen and oxygen atoms in total. The molecule has 0 aromatic heterocycles. The second-order valence-corrected chi connectivity index (χ2v) is 6.40. The van der Waals surface area contributed by atoms with Crippen molar-refractivity contribution in [3.8, 4) is 6.07 Å². The Hall–Kier alpha value is -1.38. The minimum absolute atomic E-state index is 0.284. The molecular formula is C13H18N2O2S. The normalized spacial score (nSPS) is 14.7. The number of hydrogen-bond acceptors (Lipinski definition) is 3. The number of sulfonamides is 1. The summed E-state index contributed by atoms with van der Waals surface area (Å²) < 4.78 is 25.6. The summed E-state index contributed by atoms with van der Waals surface area (Å²) in [4.78, 5) is 0. The van der Waals surface area contributed by atoms with Crippen LogP contribution in [0.1, 0.15) is 31.7 Å². The zero-order chi connectivity index (χ0) is 13.6. The minimum atomic E-state index is -3.50. The van der Waals surface area contributed by atoms with E-state index in [1.165, 1.54) is 12.5 Å². The van der Waals surface area contributed by atoms with Gasteiger partial charge in [-0.3, -0.25) is 0 Å². The highest BCUT2D eigenvalue weighted by Gasteiger charge is 2.19. The topological polar surface area (TPSA) is 70.0 Å². The van der Waals surface area contributed by atoms with Gasteiger partial charge >= 0.3 is 0 Å². The maximum atomic E-state index is 11.5. The Balaban J connectivity index is 2.46. The Kier molecular flexibility index (Phi) is 5.32. The molecule has 0 radical (unpaired) electrons. The molecule has 1 aromatic carbocycles. The zero-order valence-corrected chi connectivity index (χ0v) is 11.4. The lowest BCUT2D eigenvalue weighted by Crippen LogP contribution is -2.32. The van der Waals surface area contributed by atoms with Crippen molar-refractivity contribution in [2.45, 2.75) is 31.4 Å². The van der Waals surface area contributed by atoms with E-state index in [9.17, 15) is 8.42 Å². The average Bonchev–Trinajstić information content (AvgIpc) is 2.38. The summed E-state index contributed by atoms with van der Waals surface area (Å²) in [5.74, 6) is 0.284. The van der Waals surface area contributed by atoms with Crippen molar-refractivity contribution >= 4 is 10.0 Å². The van der Waals surface area contributed by atoms with E-state index in [-0.39, 0.29) is 5.92 Å². The van der Waals surface area contributed by atoms with E-state index < -0.39 is 15.3 Å². The van der Waals surface area contributed by atoms with Crippen molar-refractivity contribution in [2.75, 3.05) is 6.54 Å². The van der Waals surface area contributed by atoms with Crippen LogP contribution in [0, 0.1) is 11.3 Å². The summed E-state index contributed by atoms with van der Waals surface area (Å²) in [7, 11) is -3.50. The predicted molar refractivity (Wildman–Crippen MR) is 71.5 cm³/mol. The number of benzene rings is 1. The largest absolute Gasteiger partial charge is 0.227 e. The van der Waals surface area contributed by atoms with E-state index in [1.807, 2.05) is 30.3 Å². The first-order chi connectivity index (χ1) is 8.47. The molecule has 1 N–H and O–H groups in total. The van der Waals surface area contributed by atoms with E-state index in [0.717, 1.165) is 0 Å². The molecule has 18 heavy (non-hydrogen) atoms. The molecule has 0 bridgehead atoms. The molecular weight excluding hydrogens is 248 g/mol. The highest BCUT2D eigenvalue weighted by Crippen LogP contribution is 2.17. The summed E-state index contributed by atoms with van der Waals surface area (Å²) in [6, 6.07) is 11.7. The van der Waals surface area contributed by atoms with Crippen LogP contribution in [-0.4, -0.2) is 20.2 Å². The van der Waals surface area contributed by atoms with Crippen molar-refractivity contribution in [3.05, 3.63) is 35.9 Å². The summed E-state index contributed by atoms with van der Waals surface area (Å²) >= 11 is 0. The summed E-state index contributed by atoms with van der Waals surface area (Å²) in [6.07, 6.45) is 0.710. The highest BCUT2D eigenvalue weighted by molar-refractivity contribution is 7.90. The van der Waals surface area contributed by atoms with E-state index in [4.69, 9.17) is 5.26 Å². The van der Waals surface area contributed by atoms with Crippen molar-refractivity contribution in [2.24, 2.45) is 0 Å². The minimum Gasteiger partial charge on any atom is -0.214 e. The van der Waals surface area contributed by atoms with Gasteiger partial charge in [0.15, 0.2) is 5.25 Å². The predicted octanol–water partition coefficient (Wildman–Crippen LogP) is 2.01. The van der Waals surface area contributed by atoms with E-state index in [1.54, 1.807) is 6.07 Å². The molecule has 0 aliphatic carbocycles. The molecule has 98 valence electrons. The van der Waals surface area contributed by atoms with Gasteiger partial charge in [-0.25, -0.2) is 13.1 Å². The third kappa shape index (κ3) is 4.13. The molecule has 0 fully saturated rings. The first kappa shape index (κ1) is 14.7. The molecule has 1 rings (SSSR count). The highest BCUT2D eigenvalue weighted by atomic mass is 32.2. The molecule has 0 aliphatic heterocycles. The fourth-order valence-corrected chi connectivity index (χ4v) is 2.35. The zero-order valence-electron chi connectivity index (χ0n) is 10.6. The van der Waals surface area contributed by atoms with Gasteiger partial charge in [0.2, 0.25) is 10.0 Å². The van der Waals surface area contributed by atoms with Crippen LogP contribution in [0.3, 0.4) is 0 Å². The van der Waals surface area contributed by atoms with Crippen molar-refractivity contribution in [1.82, 2.24) is 4.72 Å². The molecule has 0 aliphatic rings. The fourth-order valence-electron chi connectivity index (χ4n) is 1.56. The van der Waals surface area contributed by atoms with Crippen LogP contribution in [-0.2, 0) is 10.0 Å². The average molecular weight is 266 g/mol. The van der Waals surface area contributed by atoms with Crippen molar-refractivity contribution in [3.63, 3.8) is 0 Å². The Morgan fingerprint density at radius 3 is 2.44 bits per heavy atom. The molecule has 0 saturated carbocycles. The molecule has 5 heteroatoms. The number of hydrogen-bond donors (Lipinski definition) is 1. The van der Waals surface area contributed by atoms with Gasteiger partial charge in [-0.2, -0.15) is 5.26 Å². The molecule has 2 unspecified atom stereocenters. The van der Waals surface area contributed by atoms with Crippen LogP contribution in [0.25, 0.3) is 0 Å². The van der Waals surface area contributed by atoms with Crippen molar-refractivity contribution in [1.29, 1.82) is 5.26 Å². The maximum Gasteiger partial charge on any atom is 0.227 e. The molecule has 2 atom stereocenters. The van der Waals surface area contributed by atoms with Crippen molar-refractivity contribution < 1.29 is 8.42 Å². The first-order valence-corrected chi connectivity index (χ1v) is 7.45. The van der Waals surface area contributed by atoms with E-state index in [2.05, 4.69) is 11.6 Å². The monoisotopic (exact) mass is 266 g/mol. The van der Waals surface area contributed by atoms with Crippen LogP contribution < -0.4 is 4.72 Å². The third-order valence-corrected chi connectivity index (χ3v) is 4.54. The van der Waals surface area contributed by atoms with Crippen LogP contribution in [0.5, 0.6) is 0 Å². The van der Waals surface area contributed by atoms with Gasteiger partial charge in [0.25, 0.3) is 0 Å². The Morgan fingerprint density at radius 2 is 1.89 bits per heavy atom. The SMILES string of the molecule is CC(CCNS(=O)(=O)C(C)C#N)c1ccccc1. The number of rotatable bonds is 6. The van der Waals surface area contributed by atoms with Gasteiger partial charge < -0.3 is 0 Å². The summed E-state index contributed by atoms with van der Waals surface area (Å²) in [5, 5.41) is 7.58. The lowest BCUT2D eigenvalue weighted by molar-refractivity contribution is 0.568. The smallest absolute Gasteiger partial charge is 0.214 e. The lowest BCUT2D eigenvalue weighted by Gasteiger charge is -2.13. The lowest BCUT2D eigenvalue weighted by atomic mass is 9.98. The first-order valence-electron chi connectivity index (χ1n) is 5.90. The molecule has 1 aromatic rings. The van der Waals surface area contributed by atoms with Gasteiger partial charge in [-0.05, 0) is 24.8 Å². The van der Waals surface area contributed by atoms with E-state index >= 15 is 0 Å². The molecule has 0 saturated heterocycles. The van der Waals surface area contributed by atoms with Crippen LogP contribution >= 0.6 is 0 Å². The second-order valence-electron chi connectivity index (χ2n) is 4.31. The Morgan fingerprint density at radius 1 is 1.28 bits per heavy atom. The number of nitrogens with one attached hydrogen (secondary N) is 1.